The molecular weight excluding hydrogens is 274 g/mol. The zero-order valence-electron chi connectivity index (χ0n) is 9.79. The van der Waals surface area contributed by atoms with Crippen molar-refractivity contribution < 1.29 is 13.2 Å². The number of nitrogens with one attached hydrogen (secondary N) is 1. The number of ether oxygens (including phenoxy) is 1. The minimum Gasteiger partial charge on any atom is -0.385 e. The van der Waals surface area contributed by atoms with Gasteiger partial charge < -0.3 is 4.74 Å². The fraction of sp³-hybridized carbons (Fsp3) is 0.400. The molecule has 0 aliphatic rings. The van der Waals surface area contributed by atoms with E-state index in [4.69, 9.17) is 4.74 Å². The van der Waals surface area contributed by atoms with E-state index in [1.54, 1.807) is 19.2 Å². The summed E-state index contributed by atoms with van der Waals surface area (Å²) in [5.41, 5.74) is 1.02. The minimum absolute atomic E-state index is 0.172. The number of aromatic nitrogens is 2. The predicted octanol–water partition coefficient (Wildman–Crippen LogP) is 1.01. The van der Waals surface area contributed by atoms with Gasteiger partial charge in [0.1, 0.15) is 15.9 Å². The van der Waals surface area contributed by atoms with E-state index in [0.29, 0.717) is 30.6 Å². The lowest BCUT2D eigenvalue weighted by Gasteiger charge is -2.06. The van der Waals surface area contributed by atoms with Crippen molar-refractivity contribution in [3.05, 3.63) is 18.2 Å². The van der Waals surface area contributed by atoms with Crippen LogP contribution in [0.3, 0.4) is 0 Å². The van der Waals surface area contributed by atoms with Crippen LogP contribution in [-0.4, -0.2) is 37.4 Å². The Morgan fingerprint density at radius 2 is 2.22 bits per heavy atom. The van der Waals surface area contributed by atoms with E-state index in [1.807, 2.05) is 0 Å². The maximum Gasteiger partial charge on any atom is 0.242 e. The van der Waals surface area contributed by atoms with Gasteiger partial charge in [0.05, 0.1) is 11.7 Å². The van der Waals surface area contributed by atoms with Gasteiger partial charge >= 0.3 is 0 Å². The molecular formula is C10H13N3O3S2. The molecule has 0 saturated heterocycles. The molecule has 0 amide bonds. The first-order valence-electron chi connectivity index (χ1n) is 5.35. The summed E-state index contributed by atoms with van der Waals surface area (Å²) in [5, 5.41) is 0. The molecule has 1 heterocycles. The first kappa shape index (κ1) is 13.3. The number of sulfonamides is 1. The summed E-state index contributed by atoms with van der Waals surface area (Å²) in [6.45, 7) is 0.856. The van der Waals surface area contributed by atoms with Gasteiger partial charge in [0.15, 0.2) is 0 Å². The van der Waals surface area contributed by atoms with Crippen molar-refractivity contribution in [3.63, 3.8) is 0 Å². The number of hydrogen-bond donors (Lipinski definition) is 1. The van der Waals surface area contributed by atoms with Crippen LogP contribution in [0.5, 0.6) is 0 Å². The highest BCUT2D eigenvalue weighted by Gasteiger charge is 2.18. The molecule has 0 atom stereocenters. The van der Waals surface area contributed by atoms with Crippen molar-refractivity contribution in [2.24, 2.45) is 0 Å². The van der Waals surface area contributed by atoms with E-state index < -0.39 is 10.0 Å². The van der Waals surface area contributed by atoms with Crippen LogP contribution >= 0.6 is 11.7 Å². The zero-order chi connectivity index (χ0) is 13.0. The fourth-order valence-electron chi connectivity index (χ4n) is 1.50. The first-order chi connectivity index (χ1) is 8.65. The predicted molar refractivity (Wildman–Crippen MR) is 69.1 cm³/mol. The van der Waals surface area contributed by atoms with Crippen LogP contribution in [0.25, 0.3) is 11.0 Å². The molecule has 1 N–H and O–H groups in total. The second-order valence-corrected chi connectivity index (χ2v) is 5.90. The Labute approximate surface area is 109 Å². The van der Waals surface area contributed by atoms with Gasteiger partial charge in [-0.25, -0.2) is 13.1 Å². The molecule has 1 aromatic heterocycles. The summed E-state index contributed by atoms with van der Waals surface area (Å²) in [6.07, 6.45) is 0.626. The van der Waals surface area contributed by atoms with Gasteiger partial charge in [0.25, 0.3) is 0 Å². The number of hydrogen-bond acceptors (Lipinski definition) is 6. The third-order valence-corrected chi connectivity index (χ3v) is 4.39. The highest BCUT2D eigenvalue weighted by atomic mass is 32.2. The molecule has 2 rings (SSSR count). The quantitative estimate of drug-likeness (QED) is 0.802. The summed E-state index contributed by atoms with van der Waals surface area (Å²) in [6, 6.07) is 4.93. The van der Waals surface area contributed by atoms with Crippen molar-refractivity contribution in [3.8, 4) is 0 Å². The molecule has 0 fully saturated rings. The fourth-order valence-corrected chi connectivity index (χ4v) is 3.34. The largest absolute Gasteiger partial charge is 0.385 e. The molecule has 18 heavy (non-hydrogen) atoms. The van der Waals surface area contributed by atoms with Crippen LogP contribution in [0, 0.1) is 0 Å². The number of benzene rings is 1. The number of fused-ring (bicyclic) bond motifs is 1. The topological polar surface area (TPSA) is 81.2 Å². The van der Waals surface area contributed by atoms with Gasteiger partial charge in [-0.2, -0.15) is 8.75 Å². The zero-order valence-corrected chi connectivity index (χ0v) is 11.4. The van der Waals surface area contributed by atoms with E-state index in [0.717, 1.165) is 11.7 Å². The molecule has 0 bridgehead atoms. The number of rotatable bonds is 6. The Kier molecular flexibility index (Phi) is 4.23. The Morgan fingerprint density at radius 3 is 3.00 bits per heavy atom. The van der Waals surface area contributed by atoms with Crippen LogP contribution in [0.1, 0.15) is 6.42 Å². The highest BCUT2D eigenvalue weighted by molar-refractivity contribution is 7.89. The lowest BCUT2D eigenvalue weighted by Crippen LogP contribution is -2.25. The Bertz CT molecular complexity index is 624. The minimum atomic E-state index is -3.54. The van der Waals surface area contributed by atoms with Crippen molar-refractivity contribution >= 4 is 32.8 Å². The summed E-state index contributed by atoms with van der Waals surface area (Å²) >= 11 is 1.00. The summed E-state index contributed by atoms with van der Waals surface area (Å²) in [4.78, 5) is 0.172. The molecule has 0 spiro atoms. The second-order valence-electron chi connectivity index (χ2n) is 3.63. The summed E-state index contributed by atoms with van der Waals surface area (Å²) in [5.74, 6) is 0. The molecule has 6 nitrogen and oxygen atoms in total. The number of methoxy groups -OCH3 is 1. The number of nitrogens with zero attached hydrogens (tertiary/aromatic N) is 2. The van der Waals surface area contributed by atoms with Crippen LogP contribution < -0.4 is 4.72 Å². The van der Waals surface area contributed by atoms with E-state index >= 15 is 0 Å². The van der Waals surface area contributed by atoms with Crippen molar-refractivity contribution in [1.29, 1.82) is 0 Å². The van der Waals surface area contributed by atoms with Crippen molar-refractivity contribution in [2.75, 3.05) is 20.3 Å². The Hall–Kier alpha value is -1.09. The monoisotopic (exact) mass is 287 g/mol. The van der Waals surface area contributed by atoms with Gasteiger partial charge in [0.2, 0.25) is 10.0 Å². The Balaban J connectivity index is 2.21. The average Bonchev–Trinajstić information content (AvgIpc) is 2.82. The molecule has 0 aliphatic heterocycles. The molecule has 98 valence electrons. The van der Waals surface area contributed by atoms with Crippen LogP contribution in [0.15, 0.2) is 23.1 Å². The second kappa shape index (κ2) is 5.70. The third kappa shape index (κ3) is 2.83. The van der Waals surface area contributed by atoms with Gasteiger partial charge in [-0.1, -0.05) is 6.07 Å². The maximum atomic E-state index is 12.1. The SMILES string of the molecule is COCCCNS(=O)(=O)c1cccc2nsnc12. The molecule has 0 aliphatic carbocycles. The normalized spacial score (nSPS) is 12.1. The molecule has 0 saturated carbocycles. The van der Waals surface area contributed by atoms with Gasteiger partial charge in [-0.3, -0.25) is 0 Å². The van der Waals surface area contributed by atoms with Crippen LogP contribution in [-0.2, 0) is 14.8 Å². The lowest BCUT2D eigenvalue weighted by molar-refractivity contribution is 0.196. The average molecular weight is 287 g/mol. The summed E-state index contributed by atoms with van der Waals surface area (Å²) in [7, 11) is -1.96. The highest BCUT2D eigenvalue weighted by Crippen LogP contribution is 2.20. The van der Waals surface area contributed by atoms with Crippen LogP contribution in [0.2, 0.25) is 0 Å². The molecule has 1 aromatic carbocycles. The van der Waals surface area contributed by atoms with E-state index in [9.17, 15) is 8.42 Å². The smallest absolute Gasteiger partial charge is 0.242 e. The molecule has 0 unspecified atom stereocenters. The van der Waals surface area contributed by atoms with Crippen molar-refractivity contribution in [2.45, 2.75) is 11.3 Å². The van der Waals surface area contributed by atoms with Gasteiger partial charge in [-0.15, -0.1) is 0 Å². The molecule has 8 heteroatoms. The lowest BCUT2D eigenvalue weighted by atomic mass is 10.3. The van der Waals surface area contributed by atoms with Crippen LogP contribution in [0.4, 0.5) is 0 Å². The summed E-state index contributed by atoms with van der Waals surface area (Å²) < 4.78 is 39.6. The standard InChI is InChI=1S/C10H13N3O3S2/c1-16-7-3-6-11-18(14,15)9-5-2-4-8-10(9)13-17-12-8/h2,4-5,11H,3,6-7H2,1H3. The van der Waals surface area contributed by atoms with E-state index in [-0.39, 0.29) is 4.90 Å². The molecule has 0 radical (unpaired) electrons. The van der Waals surface area contributed by atoms with Gasteiger partial charge in [-0.05, 0) is 18.6 Å². The Morgan fingerprint density at radius 1 is 1.39 bits per heavy atom. The third-order valence-electron chi connectivity index (χ3n) is 2.36. The van der Waals surface area contributed by atoms with E-state index in [2.05, 4.69) is 13.5 Å². The molecule has 2 aromatic rings. The maximum absolute atomic E-state index is 12.1. The van der Waals surface area contributed by atoms with Crippen molar-refractivity contribution in [1.82, 2.24) is 13.5 Å². The van der Waals surface area contributed by atoms with Gasteiger partial charge in [0, 0.05) is 20.3 Å². The first-order valence-corrected chi connectivity index (χ1v) is 7.56. The van der Waals surface area contributed by atoms with E-state index in [1.165, 1.54) is 6.07 Å².